The van der Waals surface area contributed by atoms with Gasteiger partial charge in [0.15, 0.2) is 0 Å². The van der Waals surface area contributed by atoms with Crippen molar-refractivity contribution in [2.24, 2.45) is 0 Å². The number of carbonyl (C=O) groups is 1. The van der Waals surface area contributed by atoms with Crippen molar-refractivity contribution in [2.45, 2.75) is 78.1 Å². The Morgan fingerprint density at radius 2 is 1.52 bits per heavy atom. The minimum atomic E-state index is -0.585. The summed E-state index contributed by atoms with van der Waals surface area (Å²) >= 11 is 0. The normalized spacial score (nSPS) is 10.7. The molecule has 0 amide bonds. The molecule has 0 N–H and O–H groups in total. The first-order valence-corrected chi connectivity index (χ1v) is 11.2. The number of benzene rings is 2. The largest absolute Gasteiger partial charge is 0.513 e. The van der Waals surface area contributed by atoms with Gasteiger partial charge in [-0.25, -0.2) is 4.79 Å². The second-order valence-corrected chi connectivity index (χ2v) is 7.60. The topological polar surface area (TPSA) is 35.5 Å². The maximum absolute atomic E-state index is 12.2. The average molecular weight is 397 g/mol. The zero-order valence-corrected chi connectivity index (χ0v) is 18.1. The van der Waals surface area contributed by atoms with Gasteiger partial charge in [0.05, 0.1) is 6.61 Å². The van der Waals surface area contributed by atoms with Crippen molar-refractivity contribution in [1.29, 1.82) is 0 Å². The van der Waals surface area contributed by atoms with Gasteiger partial charge < -0.3 is 9.47 Å². The van der Waals surface area contributed by atoms with Crippen LogP contribution >= 0.6 is 0 Å². The van der Waals surface area contributed by atoms with E-state index in [1.54, 1.807) is 0 Å². The molecule has 0 unspecified atom stereocenters. The Bertz CT molecular complexity index is 709. The maximum atomic E-state index is 12.2. The molecular weight excluding hydrogens is 360 g/mol. The third-order valence-electron chi connectivity index (χ3n) is 5.18. The molecule has 0 bridgehead atoms. The van der Waals surface area contributed by atoms with Gasteiger partial charge in [0.2, 0.25) is 0 Å². The Labute approximate surface area is 176 Å². The van der Waals surface area contributed by atoms with E-state index in [4.69, 9.17) is 9.47 Å². The molecule has 2 rings (SSSR count). The number of aryl methyl sites for hydroxylation is 2. The van der Waals surface area contributed by atoms with E-state index < -0.39 is 6.16 Å². The third kappa shape index (κ3) is 8.72. The molecule has 0 spiro atoms. The molecule has 0 radical (unpaired) electrons. The van der Waals surface area contributed by atoms with Gasteiger partial charge in [-0.2, -0.15) is 0 Å². The van der Waals surface area contributed by atoms with Crippen LogP contribution in [0.3, 0.4) is 0 Å². The van der Waals surface area contributed by atoms with Gasteiger partial charge in [-0.15, -0.1) is 0 Å². The summed E-state index contributed by atoms with van der Waals surface area (Å²) in [4.78, 5) is 12.2. The molecule has 0 atom stereocenters. The molecule has 0 heterocycles. The summed E-state index contributed by atoms with van der Waals surface area (Å²) in [5.41, 5.74) is 3.82. The molecule has 0 saturated heterocycles. The van der Waals surface area contributed by atoms with E-state index in [-0.39, 0.29) is 0 Å². The first-order chi connectivity index (χ1) is 14.2. The number of rotatable bonds is 13. The van der Waals surface area contributed by atoms with Crippen molar-refractivity contribution in [3.05, 3.63) is 65.2 Å². The minimum absolute atomic E-state index is 0.410. The van der Waals surface area contributed by atoms with Crippen LogP contribution in [0.5, 0.6) is 5.75 Å². The Morgan fingerprint density at radius 1 is 0.759 bits per heavy atom. The molecule has 29 heavy (non-hydrogen) atoms. The van der Waals surface area contributed by atoms with E-state index in [0.29, 0.717) is 12.4 Å². The van der Waals surface area contributed by atoms with Crippen molar-refractivity contribution in [1.82, 2.24) is 0 Å². The van der Waals surface area contributed by atoms with Crippen LogP contribution in [0.4, 0.5) is 4.79 Å². The zero-order valence-electron chi connectivity index (χ0n) is 18.1. The number of hydrogen-bond donors (Lipinski definition) is 0. The van der Waals surface area contributed by atoms with Gasteiger partial charge in [0.1, 0.15) is 5.75 Å². The predicted molar refractivity (Wildman–Crippen MR) is 120 cm³/mol. The molecule has 2 aromatic rings. The van der Waals surface area contributed by atoms with Crippen LogP contribution in [-0.2, 0) is 24.0 Å². The number of unbranched alkanes of at least 4 members (excludes halogenated alkanes) is 4. The second kappa shape index (κ2) is 13.8. The fraction of sp³-hybridized carbons (Fsp3) is 0.500. The quantitative estimate of drug-likeness (QED) is 0.202. The highest BCUT2D eigenvalue weighted by molar-refractivity contribution is 5.65. The first-order valence-electron chi connectivity index (χ1n) is 11.2. The van der Waals surface area contributed by atoms with Gasteiger partial charge in [-0.05, 0) is 74.1 Å². The van der Waals surface area contributed by atoms with Crippen molar-refractivity contribution in [3.63, 3.8) is 0 Å². The van der Waals surface area contributed by atoms with Gasteiger partial charge in [0, 0.05) is 0 Å². The highest BCUT2D eigenvalue weighted by atomic mass is 16.7. The maximum Gasteiger partial charge on any atom is 0.513 e. The fourth-order valence-electron chi connectivity index (χ4n) is 3.47. The monoisotopic (exact) mass is 396 g/mol. The van der Waals surface area contributed by atoms with E-state index in [0.717, 1.165) is 64.2 Å². The number of hydrogen-bond acceptors (Lipinski definition) is 3. The summed E-state index contributed by atoms with van der Waals surface area (Å²) in [5, 5.41) is 0. The zero-order chi connectivity index (χ0) is 20.7. The lowest BCUT2D eigenvalue weighted by Crippen LogP contribution is -2.13. The summed E-state index contributed by atoms with van der Waals surface area (Å²) < 4.78 is 10.9. The van der Waals surface area contributed by atoms with Crippen molar-refractivity contribution < 1.29 is 14.3 Å². The minimum Gasteiger partial charge on any atom is -0.434 e. The summed E-state index contributed by atoms with van der Waals surface area (Å²) in [6.45, 7) is 4.79. The lowest BCUT2D eigenvalue weighted by molar-refractivity contribution is 0.0969. The molecule has 0 saturated carbocycles. The van der Waals surface area contributed by atoms with Gasteiger partial charge in [-0.1, -0.05) is 69.2 Å². The first kappa shape index (κ1) is 23.0. The highest BCUT2D eigenvalue weighted by Gasteiger charge is 2.13. The highest BCUT2D eigenvalue weighted by Crippen LogP contribution is 2.26. The van der Waals surface area contributed by atoms with E-state index in [1.165, 1.54) is 16.7 Å². The van der Waals surface area contributed by atoms with Crippen molar-refractivity contribution in [2.75, 3.05) is 6.61 Å². The fourth-order valence-corrected chi connectivity index (χ4v) is 3.47. The molecule has 0 fully saturated rings. The molecule has 0 aliphatic rings. The second-order valence-electron chi connectivity index (χ2n) is 7.60. The van der Waals surface area contributed by atoms with E-state index in [2.05, 4.69) is 44.2 Å². The Balaban J connectivity index is 1.76. The van der Waals surface area contributed by atoms with Crippen LogP contribution in [0.15, 0.2) is 48.5 Å². The molecule has 158 valence electrons. The summed E-state index contributed by atoms with van der Waals surface area (Å²) in [5.74, 6) is 0.668. The van der Waals surface area contributed by atoms with Gasteiger partial charge in [-0.3, -0.25) is 0 Å². The molecule has 2 aromatic carbocycles. The number of ether oxygens (including phenoxy) is 2. The Hall–Kier alpha value is -2.29. The molecule has 3 heteroatoms. The summed E-state index contributed by atoms with van der Waals surface area (Å²) in [6.07, 6.45) is 9.98. The Kier molecular flexibility index (Phi) is 11.0. The van der Waals surface area contributed by atoms with Crippen LogP contribution in [0, 0.1) is 0 Å². The molecule has 0 aromatic heterocycles. The van der Waals surface area contributed by atoms with Crippen molar-refractivity contribution >= 4 is 6.16 Å². The standard InChI is InChI=1S/C26H36O3/c1-3-5-17-23-18-13-20-25(24(23)19-6-4-2)29-26(27)28-21-12-8-11-16-22-14-9-7-10-15-22/h7,9-10,13-15,18,20H,3-6,8,11-12,16-17,19,21H2,1-2H3. The van der Waals surface area contributed by atoms with Crippen molar-refractivity contribution in [3.8, 4) is 5.75 Å². The summed E-state index contributed by atoms with van der Waals surface area (Å²) in [6, 6.07) is 16.5. The van der Waals surface area contributed by atoms with E-state index in [9.17, 15) is 4.79 Å². The average Bonchev–Trinajstić information content (AvgIpc) is 2.74. The van der Waals surface area contributed by atoms with Crippen LogP contribution in [0.2, 0.25) is 0 Å². The van der Waals surface area contributed by atoms with Gasteiger partial charge in [0.25, 0.3) is 0 Å². The summed E-state index contributed by atoms with van der Waals surface area (Å²) in [7, 11) is 0. The smallest absolute Gasteiger partial charge is 0.434 e. The van der Waals surface area contributed by atoms with Crippen LogP contribution < -0.4 is 4.74 Å². The lowest BCUT2D eigenvalue weighted by atomic mass is 9.97. The van der Waals surface area contributed by atoms with Crippen LogP contribution in [0.25, 0.3) is 0 Å². The molecule has 3 nitrogen and oxygen atoms in total. The lowest BCUT2D eigenvalue weighted by Gasteiger charge is -2.14. The Morgan fingerprint density at radius 3 is 2.28 bits per heavy atom. The molecule has 0 aliphatic carbocycles. The molecular formula is C26H36O3. The van der Waals surface area contributed by atoms with Crippen LogP contribution in [0.1, 0.15) is 75.5 Å². The number of carbonyl (C=O) groups excluding carboxylic acids is 1. The predicted octanol–water partition coefficient (Wildman–Crippen LogP) is 7.30. The molecule has 0 aliphatic heterocycles. The third-order valence-corrected chi connectivity index (χ3v) is 5.18. The SMILES string of the molecule is CCCCc1cccc(OC(=O)OCCCCCc2ccccc2)c1CCCC. The van der Waals surface area contributed by atoms with E-state index >= 15 is 0 Å². The van der Waals surface area contributed by atoms with E-state index in [1.807, 2.05) is 18.2 Å². The van der Waals surface area contributed by atoms with Crippen LogP contribution in [-0.4, -0.2) is 12.8 Å². The van der Waals surface area contributed by atoms with Gasteiger partial charge >= 0.3 is 6.16 Å².